The molecular formula is C11H14N2. The lowest BCUT2D eigenvalue weighted by atomic mass is 10.1. The zero-order valence-corrected chi connectivity index (χ0v) is 7.83. The summed E-state index contributed by atoms with van der Waals surface area (Å²) in [6.07, 6.45) is 9.56. The first-order chi connectivity index (χ1) is 6.34. The Balaban J connectivity index is 2.41. The molecule has 68 valence electrons. The van der Waals surface area contributed by atoms with E-state index in [9.17, 15) is 0 Å². The predicted molar refractivity (Wildman–Crippen MR) is 54.1 cm³/mol. The van der Waals surface area contributed by atoms with Gasteiger partial charge in [-0.2, -0.15) is 0 Å². The van der Waals surface area contributed by atoms with E-state index in [1.54, 1.807) is 6.20 Å². The Kier molecular flexibility index (Phi) is 4.01. The van der Waals surface area contributed by atoms with E-state index < -0.39 is 0 Å². The van der Waals surface area contributed by atoms with E-state index in [2.05, 4.69) is 29.2 Å². The molecule has 0 aliphatic rings. The number of aromatic nitrogens is 1. The molecular weight excluding hydrogens is 160 g/mol. The van der Waals surface area contributed by atoms with Crippen LogP contribution in [-0.4, -0.2) is 11.5 Å². The minimum atomic E-state index is 0.321. The maximum Gasteiger partial charge on any atom is 0.0315 e. The quantitative estimate of drug-likeness (QED) is 0.555. The third-order valence-corrected chi connectivity index (χ3v) is 1.90. The van der Waals surface area contributed by atoms with Gasteiger partial charge in [-0.25, -0.2) is 0 Å². The minimum Gasteiger partial charge on any atom is -0.309 e. The molecule has 1 aromatic rings. The van der Waals surface area contributed by atoms with E-state index in [4.69, 9.17) is 6.42 Å². The molecule has 0 spiro atoms. The summed E-state index contributed by atoms with van der Waals surface area (Å²) in [5, 5.41) is 3.32. The van der Waals surface area contributed by atoms with Gasteiger partial charge in [-0.3, -0.25) is 4.98 Å². The van der Waals surface area contributed by atoms with E-state index in [1.165, 1.54) is 5.56 Å². The van der Waals surface area contributed by atoms with E-state index >= 15 is 0 Å². The van der Waals surface area contributed by atoms with Crippen molar-refractivity contribution in [3.8, 4) is 12.3 Å². The maximum absolute atomic E-state index is 5.15. The number of rotatable bonds is 4. The smallest absolute Gasteiger partial charge is 0.0315 e. The van der Waals surface area contributed by atoms with Crippen LogP contribution in [0.3, 0.4) is 0 Å². The largest absolute Gasteiger partial charge is 0.309 e. The molecule has 0 amide bonds. The molecule has 1 rings (SSSR count). The number of pyridine rings is 1. The molecule has 1 N–H and O–H groups in total. The summed E-state index contributed by atoms with van der Waals surface area (Å²) in [6.45, 7) is 2.96. The summed E-state index contributed by atoms with van der Waals surface area (Å²) >= 11 is 0. The van der Waals surface area contributed by atoms with Crippen molar-refractivity contribution in [2.75, 3.05) is 6.54 Å². The summed E-state index contributed by atoms with van der Waals surface area (Å²) in [4.78, 5) is 4.05. The lowest BCUT2D eigenvalue weighted by Crippen LogP contribution is -2.19. The second-order valence-corrected chi connectivity index (χ2v) is 2.92. The van der Waals surface area contributed by atoms with Gasteiger partial charge in [0.15, 0.2) is 0 Å². The van der Waals surface area contributed by atoms with Crippen LogP contribution in [-0.2, 0) is 0 Å². The van der Waals surface area contributed by atoms with Crippen molar-refractivity contribution >= 4 is 0 Å². The van der Waals surface area contributed by atoms with Crippen molar-refractivity contribution in [3.05, 3.63) is 30.1 Å². The fourth-order valence-corrected chi connectivity index (χ4v) is 1.11. The zero-order chi connectivity index (χ0) is 9.52. The van der Waals surface area contributed by atoms with Crippen molar-refractivity contribution in [1.82, 2.24) is 10.3 Å². The van der Waals surface area contributed by atoms with Crippen molar-refractivity contribution in [2.24, 2.45) is 0 Å². The Labute approximate surface area is 79.4 Å². The van der Waals surface area contributed by atoms with Gasteiger partial charge in [0.2, 0.25) is 0 Å². The van der Waals surface area contributed by atoms with E-state index in [0.717, 1.165) is 13.0 Å². The van der Waals surface area contributed by atoms with Crippen molar-refractivity contribution in [2.45, 2.75) is 19.4 Å². The van der Waals surface area contributed by atoms with Gasteiger partial charge >= 0.3 is 0 Å². The fourth-order valence-electron chi connectivity index (χ4n) is 1.11. The third kappa shape index (κ3) is 3.27. The lowest BCUT2D eigenvalue weighted by molar-refractivity contribution is 0.582. The Morgan fingerprint density at radius 1 is 1.69 bits per heavy atom. The van der Waals surface area contributed by atoms with Gasteiger partial charge < -0.3 is 5.32 Å². The number of hydrogen-bond donors (Lipinski definition) is 1. The van der Waals surface area contributed by atoms with Crippen molar-refractivity contribution < 1.29 is 0 Å². The molecule has 0 fully saturated rings. The maximum atomic E-state index is 5.15. The molecule has 0 saturated heterocycles. The number of terminal acetylenes is 1. The van der Waals surface area contributed by atoms with Gasteiger partial charge in [-0.15, -0.1) is 12.3 Å². The molecule has 2 heteroatoms. The molecule has 1 aromatic heterocycles. The number of hydrogen-bond acceptors (Lipinski definition) is 2. The molecule has 0 unspecified atom stereocenters. The van der Waals surface area contributed by atoms with E-state index in [-0.39, 0.29) is 0 Å². The summed E-state index contributed by atoms with van der Waals surface area (Å²) in [7, 11) is 0. The minimum absolute atomic E-state index is 0.321. The predicted octanol–water partition coefficient (Wildman–Crippen LogP) is 1.76. The molecule has 2 nitrogen and oxygen atoms in total. The molecule has 0 aliphatic carbocycles. The molecule has 0 aliphatic heterocycles. The first-order valence-corrected chi connectivity index (χ1v) is 4.41. The zero-order valence-electron chi connectivity index (χ0n) is 7.83. The summed E-state index contributed by atoms with van der Waals surface area (Å²) in [6, 6.07) is 4.32. The SMILES string of the molecule is C#CCCN[C@@H](C)c1cccnc1. The number of nitrogens with zero attached hydrogens (tertiary/aromatic N) is 1. The van der Waals surface area contributed by atoms with Crippen molar-refractivity contribution in [1.29, 1.82) is 0 Å². The fraction of sp³-hybridized carbons (Fsp3) is 0.364. The van der Waals surface area contributed by atoms with Gasteiger partial charge in [0.05, 0.1) is 0 Å². The Bertz CT molecular complexity index is 274. The van der Waals surface area contributed by atoms with Gasteiger partial charge in [0.1, 0.15) is 0 Å². The summed E-state index contributed by atoms with van der Waals surface area (Å²) in [5.74, 6) is 2.60. The standard InChI is InChI=1S/C11H14N2/c1-3-4-8-13-10(2)11-6-5-7-12-9-11/h1,5-7,9-10,13H,4,8H2,2H3/t10-/m0/s1. The third-order valence-electron chi connectivity index (χ3n) is 1.90. The highest BCUT2D eigenvalue weighted by molar-refractivity contribution is 5.12. The highest BCUT2D eigenvalue weighted by Gasteiger charge is 2.02. The van der Waals surface area contributed by atoms with Gasteiger partial charge in [-0.05, 0) is 18.6 Å². The molecule has 0 bridgehead atoms. The first-order valence-electron chi connectivity index (χ1n) is 4.41. The number of nitrogens with one attached hydrogen (secondary N) is 1. The highest BCUT2D eigenvalue weighted by Crippen LogP contribution is 2.08. The second kappa shape index (κ2) is 5.34. The molecule has 1 heterocycles. The topological polar surface area (TPSA) is 24.9 Å². The van der Waals surface area contributed by atoms with Crippen LogP contribution in [0.4, 0.5) is 0 Å². The first kappa shape index (κ1) is 9.76. The average molecular weight is 174 g/mol. The van der Waals surface area contributed by atoms with Crippen LogP contribution in [0.5, 0.6) is 0 Å². The Morgan fingerprint density at radius 2 is 2.54 bits per heavy atom. The lowest BCUT2D eigenvalue weighted by Gasteiger charge is -2.12. The van der Waals surface area contributed by atoms with E-state index in [1.807, 2.05) is 12.3 Å². The van der Waals surface area contributed by atoms with Crippen LogP contribution in [0.25, 0.3) is 0 Å². The second-order valence-electron chi connectivity index (χ2n) is 2.92. The molecule has 0 saturated carbocycles. The Morgan fingerprint density at radius 3 is 3.15 bits per heavy atom. The monoisotopic (exact) mass is 174 g/mol. The van der Waals surface area contributed by atoms with Crippen molar-refractivity contribution in [3.63, 3.8) is 0 Å². The van der Waals surface area contributed by atoms with Gasteiger partial charge in [-0.1, -0.05) is 6.07 Å². The van der Waals surface area contributed by atoms with Crippen LogP contribution < -0.4 is 5.32 Å². The van der Waals surface area contributed by atoms with Gasteiger partial charge in [0, 0.05) is 31.4 Å². The highest BCUT2D eigenvalue weighted by atomic mass is 14.9. The van der Waals surface area contributed by atoms with E-state index in [0.29, 0.717) is 6.04 Å². The normalized spacial score (nSPS) is 12.0. The Hall–Kier alpha value is -1.33. The molecule has 13 heavy (non-hydrogen) atoms. The van der Waals surface area contributed by atoms with Gasteiger partial charge in [0.25, 0.3) is 0 Å². The van der Waals surface area contributed by atoms with Crippen LogP contribution in [0.1, 0.15) is 24.9 Å². The molecule has 0 aromatic carbocycles. The summed E-state index contributed by atoms with van der Waals surface area (Å²) in [5.41, 5.74) is 1.19. The molecule has 0 radical (unpaired) electrons. The van der Waals surface area contributed by atoms with Crippen LogP contribution >= 0.6 is 0 Å². The average Bonchev–Trinajstić information content (AvgIpc) is 2.19. The van der Waals surface area contributed by atoms with Crippen LogP contribution in [0.2, 0.25) is 0 Å². The molecule has 1 atom stereocenters. The summed E-state index contributed by atoms with van der Waals surface area (Å²) < 4.78 is 0. The van der Waals surface area contributed by atoms with Crippen LogP contribution in [0.15, 0.2) is 24.5 Å². The van der Waals surface area contributed by atoms with Crippen LogP contribution in [0, 0.1) is 12.3 Å².